The Hall–Kier alpha value is -2.98. The van der Waals surface area contributed by atoms with Gasteiger partial charge in [-0.15, -0.1) is 0 Å². The molecule has 3 aromatic rings. The maximum atomic E-state index is 13.7. The number of carbonyl (C=O) groups is 2. The van der Waals surface area contributed by atoms with Gasteiger partial charge >= 0.3 is 0 Å². The number of methoxy groups -OCH3 is 1. The minimum absolute atomic E-state index is 0.0144. The fourth-order valence-electron chi connectivity index (χ4n) is 4.37. The molecule has 8 nitrogen and oxygen atoms in total. The number of halogens is 3. The highest BCUT2D eigenvalue weighted by Crippen LogP contribution is 2.30. The van der Waals surface area contributed by atoms with Crippen molar-refractivity contribution in [3.8, 4) is 5.75 Å². The van der Waals surface area contributed by atoms with Crippen LogP contribution >= 0.6 is 34.8 Å². The van der Waals surface area contributed by atoms with E-state index in [4.69, 9.17) is 39.5 Å². The molecule has 0 aliphatic heterocycles. The topological polar surface area (TPSA) is 96.0 Å². The SMILES string of the molecule is CNC(=O)[C@@H](Cc1ccccc1)N(Cc1ccc(Cl)c(Cl)c1)C(=O)CCCN(c1ccc(OC)c(Cl)c1)S(C)(=O)=O. The highest BCUT2D eigenvalue weighted by molar-refractivity contribution is 7.92. The average molecular weight is 641 g/mol. The molecule has 0 bridgehead atoms. The first kappa shape index (κ1) is 32.5. The van der Waals surface area contributed by atoms with Gasteiger partial charge in [-0.05, 0) is 47.9 Å². The van der Waals surface area contributed by atoms with Crippen LogP contribution in [-0.4, -0.2) is 58.1 Å². The Morgan fingerprint density at radius 1 is 0.927 bits per heavy atom. The van der Waals surface area contributed by atoms with Gasteiger partial charge in [0.05, 0.1) is 34.1 Å². The molecular formula is C29H32Cl3N3O5S. The Kier molecular flexibility index (Phi) is 11.7. The molecule has 0 saturated heterocycles. The van der Waals surface area contributed by atoms with Crippen LogP contribution in [0, 0.1) is 0 Å². The molecule has 0 heterocycles. The molecule has 2 amide bonds. The number of sulfonamides is 1. The third kappa shape index (κ3) is 9.00. The van der Waals surface area contributed by atoms with E-state index in [0.29, 0.717) is 27.0 Å². The number of hydrogen-bond donors (Lipinski definition) is 1. The van der Waals surface area contributed by atoms with Gasteiger partial charge < -0.3 is 15.0 Å². The molecule has 0 spiro atoms. The summed E-state index contributed by atoms with van der Waals surface area (Å²) >= 11 is 18.5. The molecule has 0 radical (unpaired) electrons. The second-order valence-corrected chi connectivity index (χ2v) is 12.5. The molecule has 12 heteroatoms. The number of nitrogens with zero attached hydrogens (tertiary/aromatic N) is 2. The lowest BCUT2D eigenvalue weighted by molar-refractivity contribution is -0.141. The van der Waals surface area contributed by atoms with E-state index in [1.807, 2.05) is 30.3 Å². The van der Waals surface area contributed by atoms with Crippen molar-refractivity contribution in [2.75, 3.05) is 31.3 Å². The predicted molar refractivity (Wildman–Crippen MR) is 164 cm³/mol. The van der Waals surface area contributed by atoms with Crippen LogP contribution in [0.25, 0.3) is 0 Å². The molecular weight excluding hydrogens is 609 g/mol. The molecule has 0 aliphatic carbocycles. The Balaban J connectivity index is 1.87. The van der Waals surface area contributed by atoms with Crippen LogP contribution in [0.5, 0.6) is 5.75 Å². The number of anilines is 1. The highest BCUT2D eigenvalue weighted by atomic mass is 35.5. The quantitative estimate of drug-likeness (QED) is 0.263. The van der Waals surface area contributed by atoms with Gasteiger partial charge in [-0.2, -0.15) is 0 Å². The van der Waals surface area contributed by atoms with Crippen LogP contribution in [0.1, 0.15) is 24.0 Å². The van der Waals surface area contributed by atoms with Gasteiger partial charge in [0.25, 0.3) is 0 Å². The van der Waals surface area contributed by atoms with Crippen LogP contribution < -0.4 is 14.4 Å². The zero-order chi connectivity index (χ0) is 30.2. The molecule has 3 rings (SSSR count). The first-order valence-electron chi connectivity index (χ1n) is 12.7. The first-order chi connectivity index (χ1) is 19.4. The van der Waals surface area contributed by atoms with E-state index in [2.05, 4.69) is 5.32 Å². The van der Waals surface area contributed by atoms with E-state index in [1.54, 1.807) is 30.3 Å². The van der Waals surface area contributed by atoms with Gasteiger partial charge in [0.15, 0.2) is 0 Å². The van der Waals surface area contributed by atoms with Gasteiger partial charge in [0, 0.05) is 33.0 Å². The van der Waals surface area contributed by atoms with E-state index >= 15 is 0 Å². The molecule has 0 unspecified atom stereocenters. The number of nitrogens with one attached hydrogen (secondary N) is 1. The van der Waals surface area contributed by atoms with Crippen LogP contribution in [0.3, 0.4) is 0 Å². The van der Waals surface area contributed by atoms with E-state index in [9.17, 15) is 18.0 Å². The van der Waals surface area contributed by atoms with Crippen molar-refractivity contribution < 1.29 is 22.7 Å². The van der Waals surface area contributed by atoms with Crippen molar-refractivity contribution in [2.45, 2.75) is 31.8 Å². The summed E-state index contributed by atoms with van der Waals surface area (Å²) < 4.78 is 31.6. The zero-order valence-electron chi connectivity index (χ0n) is 22.9. The molecule has 0 saturated carbocycles. The number of amides is 2. The average Bonchev–Trinajstić information content (AvgIpc) is 2.94. The van der Waals surface area contributed by atoms with Crippen molar-refractivity contribution >= 4 is 62.3 Å². The van der Waals surface area contributed by atoms with Gasteiger partial charge in [-0.3, -0.25) is 13.9 Å². The number of benzene rings is 3. The summed E-state index contributed by atoms with van der Waals surface area (Å²) in [6, 6.07) is 18.3. The lowest BCUT2D eigenvalue weighted by Gasteiger charge is -2.31. The van der Waals surface area contributed by atoms with Crippen molar-refractivity contribution in [3.05, 3.63) is 92.9 Å². The zero-order valence-corrected chi connectivity index (χ0v) is 26.0. The van der Waals surface area contributed by atoms with Crippen molar-refractivity contribution in [3.63, 3.8) is 0 Å². The smallest absolute Gasteiger partial charge is 0.242 e. The number of likely N-dealkylation sites (N-methyl/N-ethyl adjacent to an activating group) is 1. The monoisotopic (exact) mass is 639 g/mol. The summed E-state index contributed by atoms with van der Waals surface area (Å²) in [5.41, 5.74) is 1.93. The molecule has 0 aliphatic rings. The predicted octanol–water partition coefficient (Wildman–Crippen LogP) is 5.59. The molecule has 1 atom stereocenters. The van der Waals surface area contributed by atoms with Gasteiger partial charge in [-0.25, -0.2) is 8.42 Å². The Morgan fingerprint density at radius 2 is 1.63 bits per heavy atom. The highest BCUT2D eigenvalue weighted by Gasteiger charge is 2.30. The van der Waals surface area contributed by atoms with Crippen molar-refractivity contribution in [1.82, 2.24) is 10.2 Å². The van der Waals surface area contributed by atoms with Gasteiger partial charge in [0.2, 0.25) is 21.8 Å². The van der Waals surface area contributed by atoms with E-state index < -0.39 is 16.1 Å². The molecule has 3 aromatic carbocycles. The normalized spacial score (nSPS) is 12.0. The maximum Gasteiger partial charge on any atom is 0.242 e. The van der Waals surface area contributed by atoms with Crippen molar-refractivity contribution in [2.24, 2.45) is 0 Å². The molecule has 0 fully saturated rings. The lowest BCUT2D eigenvalue weighted by atomic mass is 10.0. The molecule has 220 valence electrons. The summed E-state index contributed by atoms with van der Waals surface area (Å²) in [7, 11) is -0.700. The van der Waals surface area contributed by atoms with E-state index in [-0.39, 0.29) is 49.2 Å². The van der Waals surface area contributed by atoms with Gasteiger partial charge in [0.1, 0.15) is 11.8 Å². The second-order valence-electron chi connectivity index (χ2n) is 9.35. The number of hydrogen-bond acceptors (Lipinski definition) is 5. The molecule has 1 N–H and O–H groups in total. The Labute approximate surface area is 256 Å². The van der Waals surface area contributed by atoms with Crippen molar-refractivity contribution in [1.29, 1.82) is 0 Å². The number of rotatable bonds is 13. The largest absolute Gasteiger partial charge is 0.495 e. The second kappa shape index (κ2) is 14.8. The number of carbonyl (C=O) groups excluding carboxylic acids is 2. The standard InChI is InChI=1S/C29H32Cl3N3O5S/c1-33-29(37)26(17-20-8-5-4-6-9-20)34(19-21-11-13-23(30)24(31)16-21)28(36)10-7-15-35(41(3,38)39)22-12-14-27(40-2)25(32)18-22/h4-6,8-9,11-14,16,18,26H,7,10,15,17,19H2,1-3H3,(H,33,37)/t26-/m1/s1. The summed E-state index contributed by atoms with van der Waals surface area (Å²) in [4.78, 5) is 28.3. The lowest BCUT2D eigenvalue weighted by Crippen LogP contribution is -2.49. The third-order valence-electron chi connectivity index (χ3n) is 6.43. The first-order valence-corrected chi connectivity index (χ1v) is 15.7. The Bertz CT molecular complexity index is 1470. The molecule has 0 aromatic heterocycles. The maximum absolute atomic E-state index is 13.7. The number of ether oxygens (including phenoxy) is 1. The van der Waals surface area contributed by atoms with E-state index in [0.717, 1.165) is 11.8 Å². The van der Waals surface area contributed by atoms with E-state index in [1.165, 1.54) is 29.4 Å². The summed E-state index contributed by atoms with van der Waals surface area (Å²) in [5.74, 6) is -0.231. The van der Waals surface area contributed by atoms with Crippen LogP contribution in [0.15, 0.2) is 66.7 Å². The third-order valence-corrected chi connectivity index (χ3v) is 8.66. The summed E-state index contributed by atoms with van der Waals surface area (Å²) in [6.07, 6.45) is 1.55. The van der Waals surface area contributed by atoms with Crippen LogP contribution in [0.2, 0.25) is 15.1 Å². The Morgan fingerprint density at radius 3 is 2.22 bits per heavy atom. The van der Waals surface area contributed by atoms with Gasteiger partial charge in [-0.1, -0.05) is 71.2 Å². The van der Waals surface area contributed by atoms with Crippen LogP contribution in [0.4, 0.5) is 5.69 Å². The summed E-state index contributed by atoms with van der Waals surface area (Å²) in [5, 5.41) is 3.63. The fraction of sp³-hybridized carbons (Fsp3) is 0.310. The minimum Gasteiger partial charge on any atom is -0.495 e. The summed E-state index contributed by atoms with van der Waals surface area (Å²) in [6.45, 7) is 0.127. The van der Waals surface area contributed by atoms with Crippen LogP contribution in [-0.2, 0) is 32.6 Å². The minimum atomic E-state index is -3.69. The molecule has 41 heavy (non-hydrogen) atoms. The fourth-order valence-corrected chi connectivity index (χ4v) is 5.90.